The van der Waals surface area contributed by atoms with E-state index in [1.54, 1.807) is 32.9 Å². The van der Waals surface area contributed by atoms with E-state index in [4.69, 9.17) is 4.74 Å². The fourth-order valence-corrected chi connectivity index (χ4v) is 7.12. The third kappa shape index (κ3) is 8.82. The number of nitrogens with one attached hydrogen (secondary N) is 2. The number of carbonyl (C=O) groups excluding carboxylic acids is 1. The number of sulfonamides is 1. The van der Waals surface area contributed by atoms with Crippen molar-refractivity contribution in [3.63, 3.8) is 0 Å². The number of hydrogen-bond acceptors (Lipinski definition) is 8. The van der Waals surface area contributed by atoms with Crippen LogP contribution in [0.2, 0.25) is 0 Å². The summed E-state index contributed by atoms with van der Waals surface area (Å²) in [5, 5.41) is 18.0. The van der Waals surface area contributed by atoms with Crippen LogP contribution in [-0.4, -0.2) is 65.8 Å². The summed E-state index contributed by atoms with van der Waals surface area (Å²) in [7, 11) is -4.09. The van der Waals surface area contributed by atoms with E-state index in [1.165, 1.54) is 21.7 Å². The molecule has 0 unspecified atom stereocenters. The number of alkyl carbamates (subject to hydrolysis) is 1. The molecule has 42 heavy (non-hydrogen) atoms. The zero-order chi connectivity index (χ0) is 30.8. The van der Waals surface area contributed by atoms with Gasteiger partial charge in [-0.3, -0.25) is 0 Å². The van der Waals surface area contributed by atoms with Crippen LogP contribution in [0.15, 0.2) is 41.3 Å². The molecule has 0 saturated heterocycles. The van der Waals surface area contributed by atoms with Crippen molar-refractivity contribution >= 4 is 42.8 Å². The molecule has 0 bridgehead atoms. The lowest BCUT2D eigenvalue weighted by atomic mass is 10.0. The molecule has 4 rings (SSSR count). The number of aromatic nitrogens is 1. The van der Waals surface area contributed by atoms with Crippen molar-refractivity contribution in [3.05, 3.63) is 53.6 Å². The minimum absolute atomic E-state index is 0.0494. The number of benzene rings is 2. The SMILES string of the molecule is CC(C)CN(C[C@@H](O)[C@H](Cc1cc(F)cc(F)c1)NC(=O)OC(C)(C)C)S(=O)(=O)c1ccc2nc(NC3CC3)sc2c1. The summed E-state index contributed by atoms with van der Waals surface area (Å²) in [6, 6.07) is 6.92. The van der Waals surface area contributed by atoms with Crippen molar-refractivity contribution in [3.8, 4) is 0 Å². The summed E-state index contributed by atoms with van der Waals surface area (Å²) in [4.78, 5) is 17.2. The van der Waals surface area contributed by atoms with Gasteiger partial charge >= 0.3 is 6.09 Å². The van der Waals surface area contributed by atoms with E-state index in [0.29, 0.717) is 16.3 Å². The van der Waals surface area contributed by atoms with Crippen molar-refractivity contribution in [1.82, 2.24) is 14.6 Å². The van der Waals surface area contributed by atoms with Crippen molar-refractivity contribution < 1.29 is 31.8 Å². The molecule has 1 saturated carbocycles. The van der Waals surface area contributed by atoms with E-state index in [-0.39, 0.29) is 35.9 Å². The van der Waals surface area contributed by atoms with E-state index >= 15 is 0 Å². The normalized spacial score (nSPS) is 15.7. The molecule has 1 fully saturated rings. The topological polar surface area (TPSA) is 121 Å². The van der Waals surface area contributed by atoms with Gasteiger partial charge in [-0.1, -0.05) is 25.2 Å². The van der Waals surface area contributed by atoms with E-state index in [0.717, 1.165) is 36.2 Å². The molecule has 0 spiro atoms. The minimum Gasteiger partial charge on any atom is -0.444 e. The zero-order valence-electron chi connectivity index (χ0n) is 24.4. The molecule has 3 N–H and O–H groups in total. The summed E-state index contributed by atoms with van der Waals surface area (Å²) < 4.78 is 62.9. The molecule has 1 amide bonds. The van der Waals surface area contributed by atoms with Gasteiger partial charge in [0.05, 0.1) is 27.3 Å². The molecule has 0 radical (unpaired) electrons. The number of hydrogen-bond donors (Lipinski definition) is 3. The number of halogens is 2. The first-order valence-electron chi connectivity index (χ1n) is 13.9. The van der Waals surface area contributed by atoms with Gasteiger partial charge in [0.15, 0.2) is 5.13 Å². The molecule has 2 aromatic carbocycles. The van der Waals surface area contributed by atoms with E-state index in [1.807, 2.05) is 13.8 Å². The van der Waals surface area contributed by atoms with Crippen molar-refractivity contribution in [2.75, 3.05) is 18.4 Å². The third-order valence-electron chi connectivity index (χ3n) is 6.41. The maximum absolute atomic E-state index is 13.9. The Morgan fingerprint density at radius 2 is 1.81 bits per heavy atom. The molecule has 3 aromatic rings. The fourth-order valence-electron chi connectivity index (χ4n) is 4.42. The lowest BCUT2D eigenvalue weighted by molar-refractivity contribution is 0.0400. The van der Waals surface area contributed by atoms with Crippen molar-refractivity contribution in [2.45, 2.75) is 82.6 Å². The molecule has 1 heterocycles. The highest BCUT2D eigenvalue weighted by Crippen LogP contribution is 2.33. The number of nitrogens with zero attached hydrogens (tertiary/aromatic N) is 2. The summed E-state index contributed by atoms with van der Waals surface area (Å²) in [5.41, 5.74) is 0.0135. The Morgan fingerprint density at radius 3 is 2.40 bits per heavy atom. The summed E-state index contributed by atoms with van der Waals surface area (Å²) in [6.07, 6.45) is -0.305. The molecule has 1 aromatic heterocycles. The fraction of sp³-hybridized carbons (Fsp3) is 0.517. The summed E-state index contributed by atoms with van der Waals surface area (Å²) in [6.45, 7) is 8.41. The second kappa shape index (κ2) is 12.8. The van der Waals surface area contributed by atoms with Crippen LogP contribution in [0.25, 0.3) is 10.2 Å². The predicted octanol–water partition coefficient (Wildman–Crippen LogP) is 5.29. The van der Waals surface area contributed by atoms with E-state index in [9.17, 15) is 27.1 Å². The number of fused-ring (bicyclic) bond motifs is 1. The van der Waals surface area contributed by atoms with Crippen molar-refractivity contribution in [2.24, 2.45) is 5.92 Å². The lowest BCUT2D eigenvalue weighted by Crippen LogP contribution is -2.52. The Hall–Kier alpha value is -2.87. The third-order valence-corrected chi connectivity index (χ3v) is 9.18. The first-order valence-corrected chi connectivity index (χ1v) is 16.1. The van der Waals surface area contributed by atoms with E-state index < -0.39 is 45.5 Å². The number of aliphatic hydroxyl groups is 1. The zero-order valence-corrected chi connectivity index (χ0v) is 26.0. The average Bonchev–Trinajstić information content (AvgIpc) is 3.56. The maximum Gasteiger partial charge on any atom is 0.407 e. The van der Waals surface area contributed by atoms with Crippen LogP contribution in [0.4, 0.5) is 18.7 Å². The average molecular weight is 625 g/mol. The van der Waals surface area contributed by atoms with Crippen molar-refractivity contribution in [1.29, 1.82) is 0 Å². The predicted molar refractivity (Wildman–Crippen MR) is 159 cm³/mol. The highest BCUT2D eigenvalue weighted by molar-refractivity contribution is 7.89. The molecular weight excluding hydrogens is 586 g/mol. The monoisotopic (exact) mass is 624 g/mol. The van der Waals surface area contributed by atoms with Crippen LogP contribution in [-0.2, 0) is 21.2 Å². The highest BCUT2D eigenvalue weighted by Gasteiger charge is 2.33. The van der Waals surface area contributed by atoms with Gasteiger partial charge in [0, 0.05) is 25.2 Å². The smallest absolute Gasteiger partial charge is 0.407 e. The van der Waals surface area contributed by atoms with Crippen LogP contribution < -0.4 is 10.6 Å². The first kappa shape index (κ1) is 32.1. The number of ether oxygens (including phenoxy) is 1. The Bertz CT molecular complexity index is 1500. The maximum atomic E-state index is 13.9. The van der Waals surface area contributed by atoms with Gasteiger partial charge in [-0.25, -0.2) is 27.0 Å². The molecular formula is C29H38F2N4O5S2. The second-order valence-corrected chi connectivity index (χ2v) is 15.1. The quantitative estimate of drug-likeness (QED) is 0.250. The van der Waals surface area contributed by atoms with Gasteiger partial charge in [-0.15, -0.1) is 0 Å². The van der Waals surface area contributed by atoms with Gasteiger partial charge < -0.3 is 20.5 Å². The number of thiazole rings is 1. The Morgan fingerprint density at radius 1 is 1.14 bits per heavy atom. The number of anilines is 1. The molecule has 2 atom stereocenters. The minimum atomic E-state index is -4.09. The molecule has 0 aliphatic heterocycles. The van der Waals surface area contributed by atoms with Gasteiger partial charge in [0.2, 0.25) is 10.0 Å². The van der Waals surface area contributed by atoms with Gasteiger partial charge in [-0.2, -0.15) is 4.31 Å². The summed E-state index contributed by atoms with van der Waals surface area (Å²) >= 11 is 1.38. The largest absolute Gasteiger partial charge is 0.444 e. The highest BCUT2D eigenvalue weighted by atomic mass is 32.2. The molecule has 1 aliphatic carbocycles. The van der Waals surface area contributed by atoms with E-state index in [2.05, 4.69) is 15.6 Å². The summed E-state index contributed by atoms with van der Waals surface area (Å²) in [5.74, 6) is -1.72. The lowest BCUT2D eigenvalue weighted by Gasteiger charge is -2.31. The van der Waals surface area contributed by atoms with Crippen LogP contribution in [0.5, 0.6) is 0 Å². The Kier molecular flexibility index (Phi) is 9.75. The number of carbonyl (C=O) groups is 1. The van der Waals surface area contributed by atoms with Gasteiger partial charge in [0.25, 0.3) is 0 Å². The molecule has 9 nitrogen and oxygen atoms in total. The number of amides is 1. The number of rotatable bonds is 12. The molecule has 13 heteroatoms. The standard InChI is InChI=1S/C29H38F2N4O5S2/c1-17(2)15-35(42(38,39)22-8-9-23-26(14-22)41-27(33-23)32-21-6-7-21)16-25(36)24(34-28(37)40-29(3,4)5)12-18-10-19(30)13-20(31)11-18/h8-11,13-14,17,21,24-25,36H,6-7,12,15-16H2,1-5H3,(H,32,33)(H,34,37)/t24-,25+/m0/s1. The molecule has 230 valence electrons. The molecule has 1 aliphatic rings. The second-order valence-electron chi connectivity index (χ2n) is 12.1. The Labute approximate surface area is 249 Å². The van der Waals surface area contributed by atoms with Crippen LogP contribution in [0, 0.1) is 17.6 Å². The Balaban J connectivity index is 1.60. The van der Waals surface area contributed by atoms with Crippen LogP contribution in [0.1, 0.15) is 53.0 Å². The van der Waals surface area contributed by atoms with Crippen LogP contribution in [0.3, 0.4) is 0 Å². The number of aliphatic hydroxyl groups excluding tert-OH is 1. The van der Waals surface area contributed by atoms with Gasteiger partial charge in [-0.05, 0) is 81.8 Å². The first-order chi connectivity index (χ1) is 19.6. The van der Waals surface area contributed by atoms with Crippen LogP contribution >= 0.6 is 11.3 Å². The van der Waals surface area contributed by atoms with Gasteiger partial charge in [0.1, 0.15) is 17.2 Å².